The van der Waals surface area contributed by atoms with Gasteiger partial charge in [0.2, 0.25) is 0 Å². The van der Waals surface area contributed by atoms with E-state index in [0.29, 0.717) is 5.92 Å². The molecule has 3 aromatic rings. The molecule has 2 saturated carbocycles. The number of fused-ring (bicyclic) bond motifs is 3. The fourth-order valence-corrected chi connectivity index (χ4v) is 6.59. The molecular weight excluding hydrogens is 496 g/mol. The van der Waals surface area contributed by atoms with Gasteiger partial charge in [0.15, 0.2) is 0 Å². The van der Waals surface area contributed by atoms with Crippen LogP contribution in [0.3, 0.4) is 0 Å². The minimum absolute atomic E-state index is 0.161. The Labute approximate surface area is 244 Å². The minimum atomic E-state index is -0.187. The summed E-state index contributed by atoms with van der Waals surface area (Å²) in [5.41, 5.74) is 17.9. The number of anilines is 1. The van der Waals surface area contributed by atoms with Crippen LogP contribution in [0.1, 0.15) is 55.0 Å². The smallest absolute Gasteiger partial charge is 0.0504 e. The third-order valence-corrected chi connectivity index (χ3v) is 9.19. The zero-order chi connectivity index (χ0) is 28.0. The van der Waals surface area contributed by atoms with Crippen LogP contribution >= 0.6 is 0 Å². The fraction of sp³-hybridized carbons (Fsp3) is 0.231. The topological polar surface area (TPSA) is 38.0 Å². The maximum absolute atomic E-state index is 6.64. The molecule has 4 aliphatic carbocycles. The highest BCUT2D eigenvalue weighted by Crippen LogP contribution is 2.58. The summed E-state index contributed by atoms with van der Waals surface area (Å²) in [5, 5.41) is 3.50. The molecule has 5 aliphatic rings. The Balaban J connectivity index is 0.00000135. The average molecular weight is 535 g/mol. The van der Waals surface area contributed by atoms with Crippen LogP contribution in [0.2, 0.25) is 0 Å². The van der Waals surface area contributed by atoms with Crippen molar-refractivity contribution < 1.29 is 0 Å². The number of para-hydroxylation sites is 1. The summed E-state index contributed by atoms with van der Waals surface area (Å²) >= 11 is 0. The lowest BCUT2D eigenvalue weighted by atomic mass is 9.85. The number of hydrogen-bond donors (Lipinski definition) is 2. The van der Waals surface area contributed by atoms with Crippen LogP contribution in [0, 0.1) is 17.8 Å². The summed E-state index contributed by atoms with van der Waals surface area (Å²) in [6, 6.07) is 24.2. The highest BCUT2D eigenvalue weighted by molar-refractivity contribution is 5.81. The molecule has 0 spiro atoms. The molecule has 2 fully saturated rings. The first-order valence-electron chi connectivity index (χ1n) is 15.2. The van der Waals surface area contributed by atoms with Crippen molar-refractivity contribution in [2.45, 2.75) is 38.1 Å². The second-order valence-corrected chi connectivity index (χ2v) is 11.8. The second-order valence-electron chi connectivity index (χ2n) is 11.8. The first kappa shape index (κ1) is 25.8. The summed E-state index contributed by atoms with van der Waals surface area (Å²) in [5.74, 6) is 2.13. The summed E-state index contributed by atoms with van der Waals surface area (Å²) in [6.45, 7) is 4.00. The highest BCUT2D eigenvalue weighted by Gasteiger charge is 2.52. The van der Waals surface area contributed by atoms with E-state index in [0.717, 1.165) is 28.8 Å². The van der Waals surface area contributed by atoms with Crippen molar-refractivity contribution in [3.63, 3.8) is 0 Å². The molecular formula is C39H38N2. The number of hydrogen-bond acceptors (Lipinski definition) is 2. The zero-order valence-electron chi connectivity index (χ0n) is 23.9. The molecule has 41 heavy (non-hydrogen) atoms. The molecule has 1 aliphatic heterocycles. The molecule has 0 bridgehead atoms. The molecule has 5 unspecified atom stereocenters. The van der Waals surface area contributed by atoms with Gasteiger partial charge in [-0.15, -0.1) is 0 Å². The van der Waals surface area contributed by atoms with Gasteiger partial charge in [0, 0.05) is 16.8 Å². The van der Waals surface area contributed by atoms with Gasteiger partial charge in [-0.1, -0.05) is 117 Å². The molecule has 0 aromatic heterocycles. The number of nitrogens with two attached hydrogens (primary N) is 1. The number of rotatable bonds is 5. The molecule has 8 rings (SSSR count). The Hall–Kier alpha value is -4.14. The average Bonchev–Trinajstić information content (AvgIpc) is 3.96. The standard InChI is InChI=1S/C37H32N2.C2H6/c38-35(22-34-15-14-26-5-1-2-7-36(26)39-34)25-10-8-24(9-11-25)30-19-31(28-13-12-27-17-29(27)18-28)21-33(20-30)37-16-4-3-6-32(37)23-37;1-2/h1-16,18-22,27,29,32,35,39H,17,23,38H2;1-2H3/b34-22-;. The first-order valence-corrected chi connectivity index (χ1v) is 15.2. The molecule has 0 saturated heterocycles. The normalized spacial score (nSPS) is 27.4. The third kappa shape index (κ3) is 4.87. The Morgan fingerprint density at radius 2 is 1.68 bits per heavy atom. The molecule has 3 aromatic carbocycles. The van der Waals surface area contributed by atoms with Crippen LogP contribution in [-0.4, -0.2) is 0 Å². The molecule has 2 nitrogen and oxygen atoms in total. The Kier molecular flexibility index (Phi) is 6.52. The predicted octanol–water partition coefficient (Wildman–Crippen LogP) is 9.38. The molecule has 5 atom stereocenters. The first-order chi connectivity index (χ1) is 20.1. The van der Waals surface area contributed by atoms with E-state index >= 15 is 0 Å². The van der Waals surface area contributed by atoms with Gasteiger partial charge >= 0.3 is 0 Å². The van der Waals surface area contributed by atoms with Crippen molar-refractivity contribution in [1.82, 2.24) is 0 Å². The number of nitrogens with one attached hydrogen (secondary N) is 1. The van der Waals surface area contributed by atoms with Gasteiger partial charge in [-0.25, -0.2) is 0 Å². The van der Waals surface area contributed by atoms with Crippen LogP contribution in [0.15, 0.2) is 127 Å². The van der Waals surface area contributed by atoms with E-state index in [2.05, 4.69) is 133 Å². The summed E-state index contributed by atoms with van der Waals surface area (Å²) in [6.07, 6.45) is 25.3. The number of allylic oxidation sites excluding steroid dienone is 9. The van der Waals surface area contributed by atoms with E-state index in [1.807, 2.05) is 13.8 Å². The van der Waals surface area contributed by atoms with E-state index in [9.17, 15) is 0 Å². The van der Waals surface area contributed by atoms with Gasteiger partial charge in [-0.05, 0) is 93.8 Å². The molecule has 0 radical (unpaired) electrons. The van der Waals surface area contributed by atoms with Gasteiger partial charge in [0.05, 0.1) is 6.04 Å². The van der Waals surface area contributed by atoms with Gasteiger partial charge in [-0.3, -0.25) is 0 Å². The van der Waals surface area contributed by atoms with Crippen molar-refractivity contribution >= 4 is 17.3 Å². The van der Waals surface area contributed by atoms with E-state index < -0.39 is 0 Å². The Morgan fingerprint density at radius 3 is 2.51 bits per heavy atom. The highest BCUT2D eigenvalue weighted by atomic mass is 14.9. The van der Waals surface area contributed by atoms with Crippen LogP contribution < -0.4 is 11.1 Å². The van der Waals surface area contributed by atoms with Crippen LogP contribution in [0.4, 0.5) is 5.69 Å². The van der Waals surface area contributed by atoms with Crippen molar-refractivity contribution in [1.29, 1.82) is 0 Å². The zero-order valence-corrected chi connectivity index (χ0v) is 23.9. The minimum Gasteiger partial charge on any atom is -0.355 e. The van der Waals surface area contributed by atoms with E-state index in [-0.39, 0.29) is 11.5 Å². The van der Waals surface area contributed by atoms with Crippen molar-refractivity contribution in [3.05, 3.63) is 149 Å². The van der Waals surface area contributed by atoms with E-state index in [1.54, 1.807) is 0 Å². The molecule has 1 heterocycles. The second kappa shape index (κ2) is 10.4. The molecule has 0 amide bonds. The van der Waals surface area contributed by atoms with Gasteiger partial charge in [0.1, 0.15) is 0 Å². The largest absolute Gasteiger partial charge is 0.355 e. The summed E-state index contributed by atoms with van der Waals surface area (Å²) < 4.78 is 0. The van der Waals surface area contributed by atoms with Gasteiger partial charge < -0.3 is 11.1 Å². The van der Waals surface area contributed by atoms with Crippen LogP contribution in [0.5, 0.6) is 0 Å². The lowest BCUT2D eigenvalue weighted by Gasteiger charge is -2.19. The Bertz CT molecular complexity index is 1660. The molecule has 204 valence electrons. The van der Waals surface area contributed by atoms with Crippen molar-refractivity contribution in [3.8, 4) is 11.1 Å². The van der Waals surface area contributed by atoms with Gasteiger partial charge in [0.25, 0.3) is 0 Å². The fourth-order valence-electron chi connectivity index (χ4n) is 6.59. The monoisotopic (exact) mass is 534 g/mol. The van der Waals surface area contributed by atoms with Crippen LogP contribution in [-0.2, 0) is 5.41 Å². The van der Waals surface area contributed by atoms with E-state index in [1.165, 1.54) is 46.2 Å². The van der Waals surface area contributed by atoms with Crippen molar-refractivity contribution in [2.75, 3.05) is 5.32 Å². The van der Waals surface area contributed by atoms with Crippen molar-refractivity contribution in [2.24, 2.45) is 23.5 Å². The van der Waals surface area contributed by atoms with Crippen LogP contribution in [0.25, 0.3) is 22.8 Å². The number of benzene rings is 3. The maximum atomic E-state index is 6.64. The Morgan fingerprint density at radius 1 is 0.854 bits per heavy atom. The quantitative estimate of drug-likeness (QED) is 0.342. The molecule has 3 N–H and O–H groups in total. The summed E-state index contributed by atoms with van der Waals surface area (Å²) in [7, 11) is 0. The predicted molar refractivity (Wildman–Crippen MR) is 174 cm³/mol. The summed E-state index contributed by atoms with van der Waals surface area (Å²) in [4.78, 5) is 0. The molecule has 2 heteroatoms. The van der Waals surface area contributed by atoms with Gasteiger partial charge in [-0.2, -0.15) is 0 Å². The lowest BCUT2D eigenvalue weighted by molar-refractivity contribution is 0.817. The van der Waals surface area contributed by atoms with E-state index in [4.69, 9.17) is 5.73 Å². The SMILES string of the molecule is CC.NC(/C=C1/C=Cc2ccccc2N1)c1ccc(-c2cc(C3=CC4CC4C=C3)cc(C34C=CC=CC3C4)c2)cc1. The lowest BCUT2D eigenvalue weighted by Crippen LogP contribution is -2.11. The third-order valence-electron chi connectivity index (χ3n) is 9.19. The maximum Gasteiger partial charge on any atom is 0.0504 e.